The first-order chi connectivity index (χ1) is 13.6. The first-order valence-corrected chi connectivity index (χ1v) is 9.46. The molecule has 3 aromatic carbocycles. The van der Waals surface area contributed by atoms with Gasteiger partial charge in [-0.2, -0.15) is 0 Å². The van der Waals surface area contributed by atoms with Crippen LogP contribution in [0.2, 0.25) is 10.0 Å². The van der Waals surface area contributed by atoms with E-state index < -0.39 is 12.1 Å². The Morgan fingerprint density at radius 1 is 1.04 bits per heavy atom. The van der Waals surface area contributed by atoms with Gasteiger partial charge in [0.05, 0.1) is 18.4 Å². The van der Waals surface area contributed by atoms with Gasteiger partial charge in [0.1, 0.15) is 6.10 Å². The highest BCUT2D eigenvalue weighted by atomic mass is 35.5. The van der Waals surface area contributed by atoms with E-state index in [1.807, 2.05) is 41.0 Å². The minimum atomic E-state index is -0.585. The van der Waals surface area contributed by atoms with E-state index in [0.717, 1.165) is 10.8 Å². The molecule has 4 rings (SSSR count). The highest BCUT2D eigenvalue weighted by Crippen LogP contribution is 2.30. The van der Waals surface area contributed by atoms with Crippen LogP contribution in [0.15, 0.2) is 79.4 Å². The van der Waals surface area contributed by atoms with Gasteiger partial charge < -0.3 is 9.30 Å². The molecule has 6 heteroatoms. The van der Waals surface area contributed by atoms with Gasteiger partial charge in [-0.3, -0.25) is 0 Å². The Kier molecular flexibility index (Phi) is 5.33. The maximum Gasteiger partial charge on any atom is 0.338 e. The van der Waals surface area contributed by atoms with Crippen molar-refractivity contribution in [3.63, 3.8) is 0 Å². The van der Waals surface area contributed by atoms with Crippen molar-refractivity contribution in [3.05, 3.63) is 101 Å². The summed E-state index contributed by atoms with van der Waals surface area (Å²) in [4.78, 5) is 16.9. The smallest absolute Gasteiger partial charge is 0.338 e. The van der Waals surface area contributed by atoms with Gasteiger partial charge in [-0.15, -0.1) is 0 Å². The maximum absolute atomic E-state index is 12.9. The lowest BCUT2D eigenvalue weighted by atomic mass is 10.1. The Morgan fingerprint density at radius 3 is 2.61 bits per heavy atom. The second kappa shape index (κ2) is 8.05. The number of hydrogen-bond donors (Lipinski definition) is 0. The van der Waals surface area contributed by atoms with Gasteiger partial charge in [-0.05, 0) is 35.0 Å². The van der Waals surface area contributed by atoms with Crippen LogP contribution in [0.25, 0.3) is 10.8 Å². The van der Waals surface area contributed by atoms with E-state index in [1.54, 1.807) is 43.0 Å². The number of benzene rings is 3. The molecule has 1 unspecified atom stereocenters. The number of imidazole rings is 1. The SMILES string of the molecule is O=C(OC(Cn1ccnc1)c1ccc(Cl)cc1Cl)c1ccc2ccccc2c1. The first-order valence-electron chi connectivity index (χ1n) is 8.70. The van der Waals surface area contributed by atoms with E-state index >= 15 is 0 Å². The van der Waals surface area contributed by atoms with Crippen molar-refractivity contribution in [2.24, 2.45) is 0 Å². The van der Waals surface area contributed by atoms with Crippen LogP contribution in [-0.4, -0.2) is 15.5 Å². The summed E-state index contributed by atoms with van der Waals surface area (Å²) >= 11 is 12.4. The largest absolute Gasteiger partial charge is 0.452 e. The molecular formula is C22H16Cl2N2O2. The molecule has 0 radical (unpaired) electrons. The monoisotopic (exact) mass is 410 g/mol. The Morgan fingerprint density at radius 2 is 1.86 bits per heavy atom. The van der Waals surface area contributed by atoms with Crippen LogP contribution in [-0.2, 0) is 11.3 Å². The number of carbonyl (C=O) groups is 1. The van der Waals surface area contributed by atoms with Crippen molar-refractivity contribution < 1.29 is 9.53 Å². The predicted molar refractivity (Wildman–Crippen MR) is 111 cm³/mol. The standard InChI is InChI=1S/C22H16Cl2N2O2/c23-18-7-8-19(20(24)12-18)21(13-26-10-9-25-14-26)28-22(27)17-6-5-15-3-1-2-4-16(15)11-17/h1-12,14,21H,13H2. The fourth-order valence-corrected chi connectivity index (χ4v) is 3.59. The molecule has 0 aliphatic heterocycles. The molecule has 0 aliphatic rings. The topological polar surface area (TPSA) is 44.1 Å². The van der Waals surface area contributed by atoms with Gasteiger partial charge in [0, 0.05) is 28.0 Å². The van der Waals surface area contributed by atoms with Gasteiger partial charge >= 0.3 is 5.97 Å². The zero-order valence-corrected chi connectivity index (χ0v) is 16.3. The molecule has 1 heterocycles. The fourth-order valence-electron chi connectivity index (χ4n) is 3.06. The van der Waals surface area contributed by atoms with E-state index in [9.17, 15) is 4.79 Å². The average Bonchev–Trinajstić information content (AvgIpc) is 3.20. The molecule has 0 fully saturated rings. The lowest BCUT2D eigenvalue weighted by Gasteiger charge is -2.20. The van der Waals surface area contributed by atoms with Crippen LogP contribution in [0.3, 0.4) is 0 Å². The van der Waals surface area contributed by atoms with E-state index in [2.05, 4.69) is 4.98 Å². The van der Waals surface area contributed by atoms with Crippen LogP contribution in [0.4, 0.5) is 0 Å². The fraction of sp³-hybridized carbons (Fsp3) is 0.0909. The van der Waals surface area contributed by atoms with Crippen LogP contribution >= 0.6 is 23.2 Å². The van der Waals surface area contributed by atoms with Crippen molar-refractivity contribution in [2.75, 3.05) is 0 Å². The number of halogens is 2. The van der Waals surface area contributed by atoms with Gasteiger partial charge in [0.15, 0.2) is 0 Å². The number of fused-ring (bicyclic) bond motifs is 1. The van der Waals surface area contributed by atoms with Crippen LogP contribution in [0, 0.1) is 0 Å². The normalized spacial score (nSPS) is 12.1. The van der Waals surface area contributed by atoms with Crippen molar-refractivity contribution in [1.82, 2.24) is 9.55 Å². The quantitative estimate of drug-likeness (QED) is 0.382. The summed E-state index contributed by atoms with van der Waals surface area (Å²) < 4.78 is 7.69. The molecule has 1 atom stereocenters. The number of rotatable bonds is 5. The molecule has 4 nitrogen and oxygen atoms in total. The lowest BCUT2D eigenvalue weighted by molar-refractivity contribution is 0.0255. The third-order valence-corrected chi connectivity index (χ3v) is 5.04. The van der Waals surface area contributed by atoms with Crippen molar-refractivity contribution in [1.29, 1.82) is 0 Å². The minimum absolute atomic E-state index is 0.390. The third-order valence-electron chi connectivity index (χ3n) is 4.48. The minimum Gasteiger partial charge on any atom is -0.452 e. The lowest BCUT2D eigenvalue weighted by Crippen LogP contribution is -2.17. The van der Waals surface area contributed by atoms with Gasteiger partial charge in [-0.25, -0.2) is 9.78 Å². The summed E-state index contributed by atoms with van der Waals surface area (Å²) in [6.45, 7) is 0.390. The molecule has 0 saturated carbocycles. The van der Waals surface area contributed by atoms with Crippen LogP contribution < -0.4 is 0 Å². The number of ether oxygens (including phenoxy) is 1. The second-order valence-electron chi connectivity index (χ2n) is 6.38. The molecule has 0 N–H and O–H groups in total. The molecule has 28 heavy (non-hydrogen) atoms. The Bertz CT molecular complexity index is 1130. The molecule has 0 aliphatic carbocycles. The molecule has 4 aromatic rings. The number of aromatic nitrogens is 2. The molecule has 0 bridgehead atoms. The summed E-state index contributed by atoms with van der Waals surface area (Å²) in [5, 5.41) is 3.02. The average molecular weight is 411 g/mol. The molecule has 0 saturated heterocycles. The van der Waals surface area contributed by atoms with Crippen molar-refractivity contribution in [2.45, 2.75) is 12.6 Å². The number of esters is 1. The summed E-state index contributed by atoms with van der Waals surface area (Å²) in [5.74, 6) is -0.415. The third kappa shape index (κ3) is 4.03. The molecule has 0 spiro atoms. The summed E-state index contributed by atoms with van der Waals surface area (Å²) in [5.41, 5.74) is 1.17. The zero-order chi connectivity index (χ0) is 19.5. The summed E-state index contributed by atoms with van der Waals surface area (Å²) in [6, 6.07) is 18.5. The van der Waals surface area contributed by atoms with E-state index in [0.29, 0.717) is 27.7 Å². The number of hydrogen-bond acceptors (Lipinski definition) is 3. The van der Waals surface area contributed by atoms with Crippen LogP contribution in [0.5, 0.6) is 0 Å². The zero-order valence-electron chi connectivity index (χ0n) is 14.8. The molecule has 0 amide bonds. The summed E-state index contributed by atoms with van der Waals surface area (Å²) in [6.07, 6.45) is 4.56. The van der Waals surface area contributed by atoms with Crippen molar-refractivity contribution in [3.8, 4) is 0 Å². The Labute approximate surface area is 172 Å². The van der Waals surface area contributed by atoms with E-state index in [4.69, 9.17) is 27.9 Å². The predicted octanol–water partition coefficient (Wildman–Crippen LogP) is 5.94. The highest BCUT2D eigenvalue weighted by molar-refractivity contribution is 6.35. The van der Waals surface area contributed by atoms with Gasteiger partial charge in [0.2, 0.25) is 0 Å². The number of carbonyl (C=O) groups excluding carboxylic acids is 1. The molecular weight excluding hydrogens is 395 g/mol. The molecule has 1 aromatic heterocycles. The van der Waals surface area contributed by atoms with Crippen molar-refractivity contribution >= 4 is 39.9 Å². The van der Waals surface area contributed by atoms with E-state index in [-0.39, 0.29) is 0 Å². The number of nitrogens with zero attached hydrogens (tertiary/aromatic N) is 2. The second-order valence-corrected chi connectivity index (χ2v) is 7.22. The van der Waals surface area contributed by atoms with E-state index in [1.165, 1.54) is 0 Å². The maximum atomic E-state index is 12.9. The van der Waals surface area contributed by atoms with Gasteiger partial charge in [0.25, 0.3) is 0 Å². The van der Waals surface area contributed by atoms with Gasteiger partial charge in [-0.1, -0.05) is 59.6 Å². The van der Waals surface area contributed by atoms with Crippen LogP contribution in [0.1, 0.15) is 22.0 Å². The summed E-state index contributed by atoms with van der Waals surface area (Å²) in [7, 11) is 0. The Hall–Kier alpha value is -2.82. The highest BCUT2D eigenvalue weighted by Gasteiger charge is 2.21. The Balaban J connectivity index is 1.64. The molecule has 140 valence electrons. The first kappa shape index (κ1) is 18.5.